The van der Waals surface area contributed by atoms with Gasteiger partial charge >= 0.3 is 0 Å². The van der Waals surface area contributed by atoms with E-state index in [1.807, 2.05) is 25.1 Å². The molecule has 5 nitrogen and oxygen atoms in total. The number of anilines is 1. The van der Waals surface area contributed by atoms with Crippen molar-refractivity contribution < 1.29 is 9.53 Å². The Morgan fingerprint density at radius 3 is 3.09 bits per heavy atom. The second kappa shape index (κ2) is 5.99. The standard InChI is InChI=1S/C16H15N3O2S2/c1-9-4-2-6-11-13(9)18-16(23-11)19-14(20)12-8-17-15(22-12)10-5-3-7-21-10/h2,4,6,8,10H,3,5,7H2,1H3,(H,18,19,20)/t10-/m1/s1. The van der Waals surface area contributed by atoms with E-state index in [1.165, 1.54) is 22.7 Å². The van der Waals surface area contributed by atoms with Gasteiger partial charge in [0.1, 0.15) is 16.0 Å². The normalized spacial score (nSPS) is 17.7. The van der Waals surface area contributed by atoms with Crippen molar-refractivity contribution in [2.24, 2.45) is 0 Å². The van der Waals surface area contributed by atoms with Crippen LogP contribution in [-0.2, 0) is 4.74 Å². The molecule has 1 atom stereocenters. The summed E-state index contributed by atoms with van der Waals surface area (Å²) in [6.45, 7) is 2.79. The lowest BCUT2D eigenvalue weighted by Gasteiger charge is -2.03. The number of hydrogen-bond acceptors (Lipinski definition) is 6. The van der Waals surface area contributed by atoms with Gasteiger partial charge in [0.25, 0.3) is 5.91 Å². The predicted molar refractivity (Wildman–Crippen MR) is 92.4 cm³/mol. The largest absolute Gasteiger partial charge is 0.371 e. The fourth-order valence-corrected chi connectivity index (χ4v) is 4.45. The second-order valence-corrected chi connectivity index (χ2v) is 7.55. The van der Waals surface area contributed by atoms with Crippen LogP contribution in [0.4, 0.5) is 5.13 Å². The Morgan fingerprint density at radius 2 is 2.30 bits per heavy atom. The monoisotopic (exact) mass is 345 g/mol. The lowest BCUT2D eigenvalue weighted by molar-refractivity contribution is 0.103. The number of hydrogen-bond donors (Lipinski definition) is 1. The first kappa shape index (κ1) is 14.7. The third kappa shape index (κ3) is 2.87. The van der Waals surface area contributed by atoms with Crippen molar-refractivity contribution in [3.63, 3.8) is 0 Å². The van der Waals surface area contributed by atoms with Crippen LogP contribution in [0.25, 0.3) is 10.2 Å². The fraction of sp³-hybridized carbons (Fsp3) is 0.312. The smallest absolute Gasteiger partial charge is 0.269 e. The Morgan fingerprint density at radius 1 is 1.39 bits per heavy atom. The summed E-state index contributed by atoms with van der Waals surface area (Å²) >= 11 is 2.88. The van der Waals surface area contributed by atoms with Gasteiger partial charge in [-0.2, -0.15) is 0 Å². The second-order valence-electron chi connectivity index (χ2n) is 5.46. The summed E-state index contributed by atoms with van der Waals surface area (Å²) in [6, 6.07) is 6.03. The van der Waals surface area contributed by atoms with Crippen LogP contribution in [-0.4, -0.2) is 22.5 Å². The Hall–Kier alpha value is -1.83. The zero-order chi connectivity index (χ0) is 15.8. The minimum atomic E-state index is -0.163. The van der Waals surface area contributed by atoms with Crippen molar-refractivity contribution in [1.82, 2.24) is 9.97 Å². The van der Waals surface area contributed by atoms with Gasteiger partial charge < -0.3 is 4.74 Å². The molecule has 4 rings (SSSR count). The first-order valence-corrected chi connectivity index (χ1v) is 9.09. The van der Waals surface area contributed by atoms with Crippen LogP contribution in [0.1, 0.15) is 39.2 Å². The lowest BCUT2D eigenvalue weighted by Crippen LogP contribution is -2.09. The number of aromatic nitrogens is 2. The first-order valence-electron chi connectivity index (χ1n) is 7.45. The van der Waals surface area contributed by atoms with E-state index in [4.69, 9.17) is 4.74 Å². The quantitative estimate of drug-likeness (QED) is 0.774. The minimum Gasteiger partial charge on any atom is -0.371 e. The molecule has 1 fully saturated rings. The van der Waals surface area contributed by atoms with Gasteiger partial charge in [0.2, 0.25) is 0 Å². The number of amides is 1. The van der Waals surface area contributed by atoms with Gasteiger partial charge in [-0.15, -0.1) is 11.3 Å². The highest BCUT2D eigenvalue weighted by atomic mass is 32.1. The summed E-state index contributed by atoms with van der Waals surface area (Å²) in [5.41, 5.74) is 2.05. The summed E-state index contributed by atoms with van der Waals surface area (Å²) in [4.78, 5) is 21.8. The maximum atomic E-state index is 12.4. The molecule has 2 aromatic heterocycles. The van der Waals surface area contributed by atoms with Gasteiger partial charge in [-0.05, 0) is 31.4 Å². The number of nitrogens with zero attached hydrogens (tertiary/aromatic N) is 2. The molecule has 1 amide bonds. The molecular weight excluding hydrogens is 330 g/mol. The molecule has 0 unspecified atom stereocenters. The third-order valence-electron chi connectivity index (χ3n) is 3.79. The van der Waals surface area contributed by atoms with Crippen molar-refractivity contribution in [3.05, 3.63) is 39.8 Å². The van der Waals surface area contributed by atoms with Gasteiger partial charge in [-0.1, -0.05) is 23.5 Å². The number of ether oxygens (including phenoxy) is 1. The molecule has 1 saturated heterocycles. The van der Waals surface area contributed by atoms with E-state index >= 15 is 0 Å². The van der Waals surface area contributed by atoms with Gasteiger partial charge in [0, 0.05) is 6.61 Å². The summed E-state index contributed by atoms with van der Waals surface area (Å²) in [6.07, 6.45) is 3.70. The van der Waals surface area contributed by atoms with Crippen LogP contribution >= 0.6 is 22.7 Å². The number of rotatable bonds is 3. The molecule has 0 saturated carbocycles. The highest BCUT2D eigenvalue weighted by Crippen LogP contribution is 2.32. The van der Waals surface area contributed by atoms with Gasteiger partial charge in [0.05, 0.1) is 16.4 Å². The maximum absolute atomic E-state index is 12.4. The number of carbonyl (C=O) groups excluding carboxylic acids is 1. The summed E-state index contributed by atoms with van der Waals surface area (Å²) in [5.74, 6) is -0.163. The molecule has 0 aliphatic carbocycles. The van der Waals surface area contributed by atoms with Crippen molar-refractivity contribution in [2.45, 2.75) is 25.9 Å². The average Bonchev–Trinajstić information content (AvgIpc) is 3.27. The predicted octanol–water partition coefficient (Wildman–Crippen LogP) is 4.17. The van der Waals surface area contributed by atoms with Crippen LogP contribution in [0.15, 0.2) is 24.4 Å². The molecule has 7 heteroatoms. The molecule has 0 radical (unpaired) electrons. The van der Waals surface area contributed by atoms with Gasteiger partial charge in [0.15, 0.2) is 5.13 Å². The molecule has 1 N–H and O–H groups in total. The molecule has 1 aromatic carbocycles. The molecule has 3 heterocycles. The topological polar surface area (TPSA) is 64.1 Å². The Balaban J connectivity index is 1.53. The number of nitrogens with one attached hydrogen (secondary N) is 1. The lowest BCUT2D eigenvalue weighted by atomic mass is 10.2. The number of carbonyl (C=O) groups is 1. The maximum Gasteiger partial charge on any atom is 0.269 e. The Kier molecular flexibility index (Phi) is 3.84. The number of para-hydroxylation sites is 1. The van der Waals surface area contributed by atoms with E-state index in [0.29, 0.717) is 10.0 Å². The van der Waals surface area contributed by atoms with E-state index < -0.39 is 0 Å². The molecule has 0 spiro atoms. The summed E-state index contributed by atoms with van der Waals surface area (Å²) < 4.78 is 6.68. The molecular formula is C16H15N3O2S2. The molecule has 1 aliphatic heterocycles. The highest BCUT2D eigenvalue weighted by molar-refractivity contribution is 7.22. The minimum absolute atomic E-state index is 0.0478. The fourth-order valence-electron chi connectivity index (χ4n) is 2.61. The van der Waals surface area contributed by atoms with Crippen LogP contribution in [0.5, 0.6) is 0 Å². The SMILES string of the molecule is Cc1cccc2sc(NC(=O)c3cnc([C@H]4CCCO4)s3)nc12. The van der Waals surface area contributed by atoms with Gasteiger partial charge in [-0.25, -0.2) is 9.97 Å². The molecule has 0 bridgehead atoms. The first-order chi connectivity index (χ1) is 11.2. The van der Waals surface area contributed by atoms with Crippen LogP contribution in [0.2, 0.25) is 0 Å². The van der Waals surface area contributed by atoms with E-state index in [-0.39, 0.29) is 12.0 Å². The van der Waals surface area contributed by atoms with Crippen molar-refractivity contribution in [3.8, 4) is 0 Å². The molecule has 23 heavy (non-hydrogen) atoms. The van der Waals surface area contributed by atoms with Crippen molar-refractivity contribution in [2.75, 3.05) is 11.9 Å². The zero-order valence-corrected chi connectivity index (χ0v) is 14.2. The molecule has 3 aromatic rings. The molecule has 118 valence electrons. The van der Waals surface area contributed by atoms with E-state index in [0.717, 1.165) is 40.2 Å². The van der Waals surface area contributed by atoms with E-state index in [2.05, 4.69) is 15.3 Å². The third-order valence-corrected chi connectivity index (χ3v) is 5.82. The number of benzene rings is 1. The number of fused-ring (bicyclic) bond motifs is 1. The van der Waals surface area contributed by atoms with E-state index in [9.17, 15) is 4.79 Å². The molecule has 1 aliphatic rings. The zero-order valence-electron chi connectivity index (χ0n) is 12.5. The number of aryl methyl sites for hydroxylation is 1. The van der Waals surface area contributed by atoms with Crippen LogP contribution < -0.4 is 5.32 Å². The Labute approximate surface area is 141 Å². The summed E-state index contributed by atoms with van der Waals surface area (Å²) in [5, 5.41) is 4.38. The van der Waals surface area contributed by atoms with Crippen LogP contribution in [0.3, 0.4) is 0 Å². The van der Waals surface area contributed by atoms with E-state index in [1.54, 1.807) is 6.20 Å². The highest BCUT2D eigenvalue weighted by Gasteiger charge is 2.22. The van der Waals surface area contributed by atoms with Crippen LogP contribution in [0, 0.1) is 6.92 Å². The average molecular weight is 345 g/mol. The summed E-state index contributed by atoms with van der Waals surface area (Å²) in [7, 11) is 0. The van der Waals surface area contributed by atoms with Gasteiger partial charge in [-0.3, -0.25) is 10.1 Å². The number of thiazole rings is 2. The van der Waals surface area contributed by atoms with Crippen molar-refractivity contribution in [1.29, 1.82) is 0 Å². The Bertz CT molecular complexity index is 865. The van der Waals surface area contributed by atoms with Crippen molar-refractivity contribution >= 4 is 43.9 Å².